The van der Waals surface area contributed by atoms with Crippen molar-refractivity contribution in [2.75, 3.05) is 18.6 Å². The average molecular weight is 507 g/mol. The van der Waals surface area contributed by atoms with E-state index >= 15 is 0 Å². The zero-order chi connectivity index (χ0) is 23.7. The number of nitrogens with two attached hydrogens (primary N) is 1. The molecule has 33 heavy (non-hydrogen) atoms. The van der Waals surface area contributed by atoms with E-state index in [0.29, 0.717) is 11.3 Å². The lowest BCUT2D eigenvalue weighted by molar-refractivity contribution is -0.150. The van der Waals surface area contributed by atoms with Crippen LogP contribution in [0.15, 0.2) is 33.4 Å². The number of carboxylic acid groups (broad SMARTS) is 1. The minimum Gasteiger partial charge on any atom is -0.477 e. The third-order valence-corrected chi connectivity index (χ3v) is 7.74. The van der Waals surface area contributed by atoms with Gasteiger partial charge in [0.15, 0.2) is 10.8 Å². The molecule has 0 spiro atoms. The van der Waals surface area contributed by atoms with Crippen LogP contribution in [0.1, 0.15) is 16.3 Å². The fraction of sp³-hybridized carbons (Fsp3) is 0.263. The molecule has 0 aromatic carbocycles. The van der Waals surface area contributed by atoms with Gasteiger partial charge in [0, 0.05) is 16.0 Å². The van der Waals surface area contributed by atoms with Gasteiger partial charge in [-0.2, -0.15) is 0 Å². The van der Waals surface area contributed by atoms with Gasteiger partial charge >= 0.3 is 5.97 Å². The Morgan fingerprint density at radius 2 is 2.18 bits per heavy atom. The highest BCUT2D eigenvalue weighted by Gasteiger charge is 2.54. The lowest BCUT2D eigenvalue weighted by Gasteiger charge is -2.49. The lowest BCUT2D eigenvalue weighted by atomic mass is 10.0. The molecule has 2 aromatic rings. The number of thiazole rings is 2. The molecule has 2 aromatic heterocycles. The molecule has 4 rings (SSSR count). The number of hydrogen-bond donors (Lipinski definition) is 3. The molecule has 172 valence electrons. The maximum atomic E-state index is 12.9. The third-order valence-electron chi connectivity index (χ3n) is 4.87. The predicted octanol–water partition coefficient (Wildman–Crippen LogP) is 1.29. The number of fused-ring (bicyclic) bond motifs is 1. The number of hydrogen-bond acceptors (Lipinski definition) is 11. The Morgan fingerprint density at radius 1 is 1.39 bits per heavy atom. The Morgan fingerprint density at radius 3 is 2.79 bits per heavy atom. The van der Waals surface area contributed by atoms with Crippen molar-refractivity contribution in [2.24, 2.45) is 5.16 Å². The van der Waals surface area contributed by atoms with E-state index in [0.717, 1.165) is 21.9 Å². The highest BCUT2D eigenvalue weighted by atomic mass is 32.2. The number of amides is 2. The number of nitrogens with one attached hydrogen (secondary N) is 1. The number of carboxylic acids is 1. The summed E-state index contributed by atoms with van der Waals surface area (Å²) in [6.45, 7) is 1.86. The highest BCUT2D eigenvalue weighted by Crippen LogP contribution is 2.41. The number of oxime groups is 1. The summed E-state index contributed by atoms with van der Waals surface area (Å²) in [4.78, 5) is 52.7. The summed E-state index contributed by atoms with van der Waals surface area (Å²) in [6.07, 6.45) is 3.49. The molecule has 0 radical (unpaired) electrons. The van der Waals surface area contributed by atoms with Crippen LogP contribution in [0.25, 0.3) is 6.08 Å². The first-order valence-corrected chi connectivity index (χ1v) is 12.2. The Balaban J connectivity index is 1.54. The van der Waals surface area contributed by atoms with Gasteiger partial charge in [0.05, 0.1) is 11.2 Å². The van der Waals surface area contributed by atoms with Gasteiger partial charge in [0.1, 0.15) is 29.9 Å². The van der Waals surface area contributed by atoms with Crippen molar-refractivity contribution in [1.29, 1.82) is 0 Å². The van der Waals surface area contributed by atoms with E-state index in [4.69, 9.17) is 10.6 Å². The second-order valence-electron chi connectivity index (χ2n) is 6.87. The third kappa shape index (κ3) is 4.36. The van der Waals surface area contributed by atoms with E-state index in [1.165, 1.54) is 35.1 Å². The minimum atomic E-state index is -1.21. The summed E-state index contributed by atoms with van der Waals surface area (Å²) in [5.74, 6) is -2.04. The quantitative estimate of drug-likeness (QED) is 0.286. The largest absolute Gasteiger partial charge is 0.477 e. The lowest BCUT2D eigenvalue weighted by Crippen LogP contribution is -2.71. The molecule has 11 nitrogen and oxygen atoms in total. The molecule has 0 aliphatic carbocycles. The number of allylic oxidation sites excluding steroid dienone is 1. The molecule has 0 bridgehead atoms. The second kappa shape index (κ2) is 9.33. The van der Waals surface area contributed by atoms with Crippen LogP contribution < -0.4 is 11.1 Å². The monoisotopic (exact) mass is 506 g/mol. The number of nitrogens with zero attached hydrogens (tertiary/aromatic N) is 4. The van der Waals surface area contributed by atoms with Gasteiger partial charge in [-0.3, -0.25) is 14.5 Å². The maximum Gasteiger partial charge on any atom is 0.352 e. The average Bonchev–Trinajstić information content (AvgIpc) is 3.40. The number of nitrogen functional groups attached to an aromatic ring is 1. The number of aryl methyl sites for hydroxylation is 1. The number of carbonyl (C=O) groups is 3. The van der Waals surface area contributed by atoms with Crippen molar-refractivity contribution in [3.05, 3.63) is 44.5 Å². The van der Waals surface area contributed by atoms with E-state index in [2.05, 4.69) is 20.4 Å². The number of thioether (sulfide) groups is 1. The Kier molecular flexibility index (Phi) is 6.49. The van der Waals surface area contributed by atoms with Crippen LogP contribution in [0, 0.1) is 6.92 Å². The smallest absolute Gasteiger partial charge is 0.352 e. The van der Waals surface area contributed by atoms with Gasteiger partial charge in [0.2, 0.25) is 0 Å². The fourth-order valence-electron chi connectivity index (χ4n) is 3.32. The molecule has 14 heteroatoms. The van der Waals surface area contributed by atoms with Crippen LogP contribution in [-0.2, 0) is 19.2 Å². The van der Waals surface area contributed by atoms with Gasteiger partial charge in [-0.05, 0) is 18.6 Å². The number of aliphatic carboxylic acids is 1. The first-order chi connectivity index (χ1) is 15.8. The number of aromatic nitrogens is 2. The van der Waals surface area contributed by atoms with Crippen LogP contribution in [0.4, 0.5) is 5.13 Å². The summed E-state index contributed by atoms with van der Waals surface area (Å²) in [7, 11) is 1.28. The van der Waals surface area contributed by atoms with Crippen molar-refractivity contribution >= 4 is 69.1 Å². The molecular formula is C19H18N6O5S3. The molecule has 2 aliphatic heterocycles. The molecular weight excluding hydrogens is 488 g/mol. The van der Waals surface area contributed by atoms with Gasteiger partial charge in [-0.15, -0.1) is 34.4 Å². The highest BCUT2D eigenvalue weighted by molar-refractivity contribution is 8.00. The second-order valence-corrected chi connectivity index (χ2v) is 9.75. The molecule has 2 amide bonds. The number of rotatable bonds is 7. The van der Waals surface area contributed by atoms with Gasteiger partial charge in [-0.1, -0.05) is 11.2 Å². The SMILES string of the molecule is CON=C(C(=O)NC1C(=O)N2C(C(=O)O)=C(C=Cc3scnc3C)CS[C@H]12)c1csc(N)n1. The summed E-state index contributed by atoms with van der Waals surface area (Å²) in [5.41, 5.74) is 8.68. The zero-order valence-electron chi connectivity index (χ0n) is 17.3. The number of anilines is 1. The minimum absolute atomic E-state index is 0.0919. The van der Waals surface area contributed by atoms with Crippen LogP contribution in [0.2, 0.25) is 0 Å². The van der Waals surface area contributed by atoms with E-state index in [9.17, 15) is 19.5 Å². The molecule has 2 atom stereocenters. The summed E-state index contributed by atoms with van der Waals surface area (Å²) in [5, 5.41) is 17.4. The first-order valence-electron chi connectivity index (χ1n) is 9.44. The van der Waals surface area contributed by atoms with Crippen molar-refractivity contribution < 1.29 is 24.3 Å². The maximum absolute atomic E-state index is 12.9. The molecule has 1 unspecified atom stereocenters. The van der Waals surface area contributed by atoms with E-state index in [1.54, 1.807) is 23.0 Å². The van der Waals surface area contributed by atoms with Crippen LogP contribution >= 0.6 is 34.4 Å². The van der Waals surface area contributed by atoms with Gasteiger partial charge in [0.25, 0.3) is 11.8 Å². The van der Waals surface area contributed by atoms with Crippen LogP contribution in [0.3, 0.4) is 0 Å². The summed E-state index contributed by atoms with van der Waals surface area (Å²) < 4.78 is 0. The van der Waals surface area contributed by atoms with Crippen molar-refractivity contribution in [3.8, 4) is 0 Å². The van der Waals surface area contributed by atoms with Crippen molar-refractivity contribution in [1.82, 2.24) is 20.2 Å². The van der Waals surface area contributed by atoms with Crippen LogP contribution in [-0.4, -0.2) is 67.7 Å². The van der Waals surface area contributed by atoms with E-state index < -0.39 is 29.2 Å². The Hall–Kier alpha value is -3.23. The topological polar surface area (TPSA) is 160 Å². The summed E-state index contributed by atoms with van der Waals surface area (Å²) in [6, 6.07) is -0.913. The van der Waals surface area contributed by atoms with Gasteiger partial charge < -0.3 is 21.0 Å². The Bertz CT molecular complexity index is 1220. The molecule has 1 fully saturated rings. The number of β-lactam (4-membered cyclic amide) rings is 1. The van der Waals surface area contributed by atoms with Gasteiger partial charge in [-0.25, -0.2) is 14.8 Å². The normalized spacial score (nSPS) is 20.6. The molecule has 2 aliphatic rings. The van der Waals surface area contributed by atoms with E-state index in [1.807, 2.05) is 6.92 Å². The van der Waals surface area contributed by atoms with Crippen molar-refractivity contribution in [2.45, 2.75) is 18.3 Å². The number of carbonyl (C=O) groups excluding carboxylic acids is 2. The van der Waals surface area contributed by atoms with E-state index in [-0.39, 0.29) is 22.2 Å². The molecule has 4 N–H and O–H groups in total. The fourth-order valence-corrected chi connectivity index (χ4v) is 5.88. The zero-order valence-corrected chi connectivity index (χ0v) is 19.8. The molecule has 0 saturated carbocycles. The molecule has 1 saturated heterocycles. The van der Waals surface area contributed by atoms with Crippen molar-refractivity contribution in [3.63, 3.8) is 0 Å². The predicted molar refractivity (Wildman–Crippen MR) is 126 cm³/mol. The molecule has 4 heterocycles. The Labute approximate surface area is 200 Å². The standard InChI is InChI=1S/C19H18N6O5S3/c1-8-11(33-7-21-8)4-3-9-5-31-17-13(16(27)25(17)14(9)18(28)29)23-15(26)12(24-30-2)10-6-32-19(20)22-10/h3-4,6-7,13,17H,5H2,1-2H3,(H2,20,22)(H,23,26)(H,28,29)/t13?,17-/m1/s1. The van der Waals surface area contributed by atoms with Crippen LogP contribution in [0.5, 0.6) is 0 Å². The first kappa shape index (κ1) is 22.9. The summed E-state index contributed by atoms with van der Waals surface area (Å²) >= 11 is 3.94.